The minimum Gasteiger partial charge on any atom is -0.338 e. The van der Waals surface area contributed by atoms with Crippen molar-refractivity contribution >= 4 is 11.6 Å². The van der Waals surface area contributed by atoms with Crippen molar-refractivity contribution < 1.29 is 9.32 Å². The number of hydrogen-bond donors (Lipinski definition) is 1. The third kappa shape index (κ3) is 4.41. The van der Waals surface area contributed by atoms with Gasteiger partial charge < -0.3 is 9.84 Å². The number of benzene rings is 1. The van der Waals surface area contributed by atoms with Gasteiger partial charge in [0.1, 0.15) is 0 Å². The zero-order valence-corrected chi connectivity index (χ0v) is 15.1. The molecule has 0 saturated carbocycles. The monoisotopic (exact) mass is 330 g/mol. The van der Waals surface area contributed by atoms with Crippen LogP contribution in [0, 0.1) is 13.8 Å². The van der Waals surface area contributed by atoms with Crippen molar-refractivity contribution in [3.63, 3.8) is 0 Å². The lowest BCUT2D eigenvalue weighted by Crippen LogP contribution is -2.27. The van der Waals surface area contributed by atoms with Crippen LogP contribution in [0.5, 0.6) is 0 Å². The Kier molecular flexibility index (Phi) is 6.09. The van der Waals surface area contributed by atoms with Gasteiger partial charge in [-0.1, -0.05) is 30.3 Å². The molecule has 1 amide bonds. The van der Waals surface area contributed by atoms with Gasteiger partial charge in [0, 0.05) is 18.7 Å². The standard InChI is InChI=1S/C18H26N4O2/c1-6-15-9-7-8-12(2)17(15)20-16(23)10-11-22(5)13(3)18-19-14(4)21-24-18/h7-9,13H,6,10-11H2,1-5H3,(H,20,23). The molecule has 0 radical (unpaired) electrons. The number of anilines is 1. The summed E-state index contributed by atoms with van der Waals surface area (Å²) in [5, 5.41) is 6.86. The summed E-state index contributed by atoms with van der Waals surface area (Å²) < 4.78 is 5.19. The first-order chi connectivity index (χ1) is 11.4. The second kappa shape index (κ2) is 8.06. The topological polar surface area (TPSA) is 71.3 Å². The lowest BCUT2D eigenvalue weighted by atomic mass is 10.1. The predicted molar refractivity (Wildman–Crippen MR) is 93.9 cm³/mol. The molecule has 1 unspecified atom stereocenters. The zero-order chi connectivity index (χ0) is 17.7. The van der Waals surface area contributed by atoms with Gasteiger partial charge in [0.05, 0.1) is 6.04 Å². The van der Waals surface area contributed by atoms with Gasteiger partial charge >= 0.3 is 0 Å². The Balaban J connectivity index is 1.91. The van der Waals surface area contributed by atoms with Crippen LogP contribution in [0.3, 0.4) is 0 Å². The Hall–Kier alpha value is -2.21. The first-order valence-corrected chi connectivity index (χ1v) is 8.31. The van der Waals surface area contributed by atoms with Crippen LogP contribution < -0.4 is 5.32 Å². The minimum atomic E-state index is -0.0244. The molecule has 1 aromatic carbocycles. The third-order valence-electron chi connectivity index (χ3n) is 4.26. The van der Waals surface area contributed by atoms with Crippen molar-refractivity contribution in [2.75, 3.05) is 18.9 Å². The molecule has 6 heteroatoms. The van der Waals surface area contributed by atoms with E-state index in [9.17, 15) is 4.79 Å². The van der Waals surface area contributed by atoms with E-state index in [1.165, 1.54) is 0 Å². The molecule has 0 saturated heterocycles. The number of aryl methyl sites for hydroxylation is 3. The molecule has 1 heterocycles. The van der Waals surface area contributed by atoms with E-state index in [1.807, 2.05) is 37.9 Å². The van der Waals surface area contributed by atoms with E-state index in [1.54, 1.807) is 6.92 Å². The lowest BCUT2D eigenvalue weighted by molar-refractivity contribution is -0.116. The van der Waals surface area contributed by atoms with E-state index >= 15 is 0 Å². The van der Waals surface area contributed by atoms with Gasteiger partial charge in [0.25, 0.3) is 0 Å². The SMILES string of the molecule is CCc1cccc(C)c1NC(=O)CCN(C)C(C)c1nc(C)no1. The second-order valence-electron chi connectivity index (χ2n) is 6.10. The highest BCUT2D eigenvalue weighted by atomic mass is 16.5. The van der Waals surface area contributed by atoms with Gasteiger partial charge in [-0.15, -0.1) is 0 Å². The molecule has 0 aliphatic rings. The summed E-state index contributed by atoms with van der Waals surface area (Å²) in [6.45, 7) is 8.50. The smallest absolute Gasteiger partial charge is 0.243 e. The Morgan fingerprint density at radius 3 is 2.75 bits per heavy atom. The molecule has 2 aromatic rings. The average molecular weight is 330 g/mol. The van der Waals surface area contributed by atoms with E-state index in [0.29, 0.717) is 24.7 Å². The molecule has 0 fully saturated rings. The first-order valence-electron chi connectivity index (χ1n) is 8.31. The number of para-hydroxylation sites is 1. The summed E-state index contributed by atoms with van der Waals surface area (Å²) in [6.07, 6.45) is 1.30. The Morgan fingerprint density at radius 2 is 2.12 bits per heavy atom. The summed E-state index contributed by atoms with van der Waals surface area (Å²) >= 11 is 0. The maximum Gasteiger partial charge on any atom is 0.243 e. The van der Waals surface area contributed by atoms with Crippen molar-refractivity contribution in [3.05, 3.63) is 41.0 Å². The van der Waals surface area contributed by atoms with Gasteiger partial charge in [-0.25, -0.2) is 0 Å². The molecule has 0 aliphatic heterocycles. The highest BCUT2D eigenvalue weighted by molar-refractivity contribution is 5.92. The van der Waals surface area contributed by atoms with Gasteiger partial charge in [-0.05, 0) is 45.4 Å². The van der Waals surface area contributed by atoms with Crippen LogP contribution in [-0.2, 0) is 11.2 Å². The van der Waals surface area contributed by atoms with Crippen LogP contribution in [0.2, 0.25) is 0 Å². The Morgan fingerprint density at radius 1 is 1.38 bits per heavy atom. The van der Waals surface area contributed by atoms with Crippen molar-refractivity contribution in [1.82, 2.24) is 15.0 Å². The highest BCUT2D eigenvalue weighted by Crippen LogP contribution is 2.21. The fourth-order valence-electron chi connectivity index (χ4n) is 2.55. The van der Waals surface area contributed by atoms with E-state index in [-0.39, 0.29) is 11.9 Å². The minimum absolute atomic E-state index is 0.0137. The molecule has 1 aromatic heterocycles. The normalized spacial score (nSPS) is 12.4. The Labute approximate surface area is 143 Å². The van der Waals surface area contributed by atoms with E-state index in [2.05, 4.69) is 28.4 Å². The molecule has 0 spiro atoms. The van der Waals surface area contributed by atoms with Crippen LogP contribution in [0.15, 0.2) is 22.7 Å². The summed E-state index contributed by atoms with van der Waals surface area (Å²) in [5.41, 5.74) is 3.19. The van der Waals surface area contributed by atoms with Crippen molar-refractivity contribution in [2.45, 2.75) is 46.6 Å². The van der Waals surface area contributed by atoms with E-state index < -0.39 is 0 Å². The fraction of sp³-hybridized carbons (Fsp3) is 0.500. The van der Waals surface area contributed by atoms with Crippen molar-refractivity contribution in [2.24, 2.45) is 0 Å². The number of rotatable bonds is 7. The Bertz CT molecular complexity index is 696. The largest absolute Gasteiger partial charge is 0.338 e. The third-order valence-corrected chi connectivity index (χ3v) is 4.26. The van der Waals surface area contributed by atoms with Gasteiger partial charge in [0.2, 0.25) is 11.8 Å². The predicted octanol–water partition coefficient (Wildman–Crippen LogP) is 3.27. The molecule has 24 heavy (non-hydrogen) atoms. The first kappa shape index (κ1) is 18.1. The summed E-state index contributed by atoms with van der Waals surface area (Å²) in [4.78, 5) is 18.6. The van der Waals surface area contributed by atoms with Crippen LogP contribution in [0.25, 0.3) is 0 Å². The number of nitrogens with zero attached hydrogens (tertiary/aromatic N) is 3. The van der Waals surface area contributed by atoms with E-state index in [0.717, 1.165) is 23.2 Å². The lowest BCUT2D eigenvalue weighted by Gasteiger charge is -2.21. The number of aromatic nitrogens is 2. The highest BCUT2D eigenvalue weighted by Gasteiger charge is 2.18. The van der Waals surface area contributed by atoms with Crippen LogP contribution in [-0.4, -0.2) is 34.5 Å². The number of carbonyl (C=O) groups excluding carboxylic acids is 1. The average Bonchev–Trinajstić information content (AvgIpc) is 3.00. The van der Waals surface area contributed by atoms with Crippen molar-refractivity contribution in [3.8, 4) is 0 Å². The van der Waals surface area contributed by atoms with Crippen molar-refractivity contribution in [1.29, 1.82) is 0 Å². The molecule has 1 atom stereocenters. The van der Waals surface area contributed by atoms with Gasteiger partial charge in [0.15, 0.2) is 5.82 Å². The van der Waals surface area contributed by atoms with E-state index in [4.69, 9.17) is 4.52 Å². The number of carbonyl (C=O) groups is 1. The fourth-order valence-corrected chi connectivity index (χ4v) is 2.55. The second-order valence-corrected chi connectivity index (χ2v) is 6.10. The maximum atomic E-state index is 12.3. The maximum absolute atomic E-state index is 12.3. The zero-order valence-electron chi connectivity index (χ0n) is 15.1. The molecular weight excluding hydrogens is 304 g/mol. The molecule has 130 valence electrons. The summed E-state index contributed by atoms with van der Waals surface area (Å²) in [7, 11) is 1.95. The van der Waals surface area contributed by atoms with Crippen LogP contribution in [0.1, 0.15) is 49.2 Å². The molecule has 2 rings (SSSR count). The van der Waals surface area contributed by atoms with Gasteiger partial charge in [-0.2, -0.15) is 4.98 Å². The number of nitrogens with one attached hydrogen (secondary N) is 1. The number of amides is 1. The van der Waals surface area contributed by atoms with Crippen LogP contribution >= 0.6 is 0 Å². The summed E-state index contributed by atoms with van der Waals surface area (Å²) in [5.74, 6) is 1.21. The molecule has 0 aliphatic carbocycles. The summed E-state index contributed by atoms with van der Waals surface area (Å²) in [6, 6.07) is 6.06. The molecule has 1 N–H and O–H groups in total. The van der Waals surface area contributed by atoms with Gasteiger partial charge in [-0.3, -0.25) is 9.69 Å². The van der Waals surface area contributed by atoms with Crippen LogP contribution in [0.4, 0.5) is 5.69 Å². The quantitative estimate of drug-likeness (QED) is 0.843. The molecule has 6 nitrogen and oxygen atoms in total. The molecule has 0 bridgehead atoms. The molecular formula is C18H26N4O2. The number of hydrogen-bond acceptors (Lipinski definition) is 5.